The predicted molar refractivity (Wildman–Crippen MR) is 71.1 cm³/mol. The van der Waals surface area contributed by atoms with E-state index < -0.39 is 0 Å². The van der Waals surface area contributed by atoms with Gasteiger partial charge in [-0.15, -0.1) is 0 Å². The maximum absolute atomic E-state index is 9.54. The highest BCUT2D eigenvalue weighted by Gasteiger charge is 2.32. The molecule has 0 bridgehead atoms. The summed E-state index contributed by atoms with van der Waals surface area (Å²) in [7, 11) is 4.06. The van der Waals surface area contributed by atoms with Gasteiger partial charge in [-0.25, -0.2) is 0 Å². The summed E-state index contributed by atoms with van der Waals surface area (Å²) in [6, 6.07) is 8.45. The zero-order chi connectivity index (χ0) is 12.5. The van der Waals surface area contributed by atoms with Crippen molar-refractivity contribution in [2.45, 2.75) is 37.3 Å². The molecule has 0 unspecified atom stereocenters. The van der Waals surface area contributed by atoms with Gasteiger partial charge in [0.05, 0.1) is 6.10 Å². The number of nitrogens with zero attached hydrogens (tertiary/aromatic N) is 1. The fourth-order valence-corrected chi connectivity index (χ4v) is 2.50. The molecule has 1 aliphatic rings. The van der Waals surface area contributed by atoms with Gasteiger partial charge in [-0.3, -0.25) is 0 Å². The molecule has 3 N–H and O–H groups in total. The van der Waals surface area contributed by atoms with E-state index in [2.05, 4.69) is 29.2 Å². The van der Waals surface area contributed by atoms with Crippen molar-refractivity contribution in [1.29, 1.82) is 0 Å². The summed E-state index contributed by atoms with van der Waals surface area (Å²) >= 11 is 0. The minimum Gasteiger partial charge on any atom is -0.393 e. The number of rotatable bonds is 2. The lowest BCUT2D eigenvalue weighted by Crippen LogP contribution is -2.41. The molecule has 3 heteroatoms. The molecule has 1 aliphatic carbocycles. The van der Waals surface area contributed by atoms with Crippen LogP contribution in [0.3, 0.4) is 0 Å². The molecule has 1 aromatic rings. The second kappa shape index (κ2) is 4.67. The third-order valence-corrected chi connectivity index (χ3v) is 3.81. The minimum atomic E-state index is -0.246. The first-order chi connectivity index (χ1) is 8.01. The van der Waals surface area contributed by atoms with Crippen LogP contribution in [0.15, 0.2) is 24.3 Å². The van der Waals surface area contributed by atoms with Crippen LogP contribution >= 0.6 is 0 Å². The first-order valence-electron chi connectivity index (χ1n) is 6.26. The summed E-state index contributed by atoms with van der Waals surface area (Å²) in [6.07, 6.45) is 3.20. The Kier molecular flexibility index (Phi) is 3.40. The van der Waals surface area contributed by atoms with Crippen LogP contribution < -0.4 is 10.6 Å². The molecule has 1 saturated carbocycles. The molecule has 0 aromatic heterocycles. The lowest BCUT2D eigenvalue weighted by Gasteiger charge is -2.36. The van der Waals surface area contributed by atoms with Gasteiger partial charge >= 0.3 is 0 Å². The van der Waals surface area contributed by atoms with Crippen molar-refractivity contribution in [1.82, 2.24) is 0 Å². The smallest absolute Gasteiger partial charge is 0.0541 e. The van der Waals surface area contributed by atoms with Crippen molar-refractivity contribution >= 4 is 5.69 Å². The first-order valence-corrected chi connectivity index (χ1v) is 6.26. The summed E-state index contributed by atoms with van der Waals surface area (Å²) in [5, 5.41) is 9.54. The largest absolute Gasteiger partial charge is 0.393 e. The van der Waals surface area contributed by atoms with Crippen LogP contribution in [0.4, 0.5) is 5.69 Å². The van der Waals surface area contributed by atoms with Gasteiger partial charge < -0.3 is 15.7 Å². The molecule has 0 aliphatic heterocycles. The molecule has 0 spiro atoms. The van der Waals surface area contributed by atoms with E-state index in [1.807, 2.05) is 14.1 Å². The van der Waals surface area contributed by atoms with Gasteiger partial charge in [0.1, 0.15) is 0 Å². The molecule has 1 aromatic carbocycles. The van der Waals surface area contributed by atoms with E-state index in [0.717, 1.165) is 25.7 Å². The second-order valence-electron chi connectivity index (χ2n) is 5.33. The number of hydrogen-bond acceptors (Lipinski definition) is 3. The quantitative estimate of drug-likeness (QED) is 0.821. The number of hydrogen-bond donors (Lipinski definition) is 2. The molecule has 0 heterocycles. The number of anilines is 1. The fraction of sp³-hybridized carbons (Fsp3) is 0.571. The van der Waals surface area contributed by atoms with Crippen LogP contribution in [0.2, 0.25) is 0 Å². The highest BCUT2D eigenvalue weighted by molar-refractivity contribution is 5.47. The first kappa shape index (κ1) is 12.4. The number of aliphatic hydroxyl groups excluding tert-OH is 1. The van der Waals surface area contributed by atoms with E-state index in [1.165, 1.54) is 11.3 Å². The minimum absolute atomic E-state index is 0.160. The van der Waals surface area contributed by atoms with Gasteiger partial charge in [0.15, 0.2) is 0 Å². The maximum Gasteiger partial charge on any atom is 0.0541 e. The standard InChI is InChI=1S/C14H22N2O/c1-16(2)12-5-3-11(4-6-12)14(15)9-7-13(17)8-10-14/h3-6,13,17H,7-10,15H2,1-2H3. The van der Waals surface area contributed by atoms with Crippen molar-refractivity contribution in [3.63, 3.8) is 0 Å². The van der Waals surface area contributed by atoms with Crippen molar-refractivity contribution in [2.24, 2.45) is 5.73 Å². The Morgan fingerprint density at radius 3 is 2.18 bits per heavy atom. The third-order valence-electron chi connectivity index (χ3n) is 3.81. The second-order valence-corrected chi connectivity index (χ2v) is 5.33. The Labute approximate surface area is 103 Å². The zero-order valence-electron chi connectivity index (χ0n) is 10.7. The number of nitrogens with two attached hydrogens (primary N) is 1. The zero-order valence-corrected chi connectivity index (χ0v) is 10.7. The monoisotopic (exact) mass is 234 g/mol. The molecule has 2 rings (SSSR count). The predicted octanol–water partition coefficient (Wildman–Crippen LogP) is 1.84. The van der Waals surface area contributed by atoms with Crippen LogP contribution in [-0.2, 0) is 5.54 Å². The van der Waals surface area contributed by atoms with E-state index >= 15 is 0 Å². The summed E-state index contributed by atoms with van der Waals surface area (Å²) in [4.78, 5) is 2.08. The molecule has 0 amide bonds. The van der Waals surface area contributed by atoms with E-state index in [1.54, 1.807) is 0 Å². The van der Waals surface area contributed by atoms with E-state index in [4.69, 9.17) is 5.73 Å². The molecule has 0 radical (unpaired) electrons. The number of aliphatic hydroxyl groups is 1. The highest BCUT2D eigenvalue weighted by atomic mass is 16.3. The number of benzene rings is 1. The van der Waals surface area contributed by atoms with E-state index in [-0.39, 0.29) is 11.6 Å². The Morgan fingerprint density at radius 1 is 1.18 bits per heavy atom. The van der Waals surface area contributed by atoms with Crippen LogP contribution in [-0.4, -0.2) is 25.3 Å². The molecule has 94 valence electrons. The molecule has 17 heavy (non-hydrogen) atoms. The average molecular weight is 234 g/mol. The van der Waals surface area contributed by atoms with Gasteiger partial charge in [-0.2, -0.15) is 0 Å². The SMILES string of the molecule is CN(C)c1ccc(C2(N)CCC(O)CC2)cc1. The van der Waals surface area contributed by atoms with Crippen molar-refractivity contribution in [2.75, 3.05) is 19.0 Å². The molecule has 1 fully saturated rings. The molecule has 0 saturated heterocycles. The van der Waals surface area contributed by atoms with Gasteiger partial charge in [0.25, 0.3) is 0 Å². The normalized spacial score (nSPS) is 29.1. The Bertz CT molecular complexity index is 364. The molecular weight excluding hydrogens is 212 g/mol. The van der Waals surface area contributed by atoms with Crippen molar-refractivity contribution < 1.29 is 5.11 Å². The fourth-order valence-electron chi connectivity index (χ4n) is 2.50. The molecular formula is C14H22N2O. The lowest BCUT2D eigenvalue weighted by molar-refractivity contribution is 0.0969. The summed E-state index contributed by atoms with van der Waals surface area (Å²) in [5.74, 6) is 0. The average Bonchev–Trinajstić information content (AvgIpc) is 2.33. The van der Waals surface area contributed by atoms with Gasteiger partial charge in [-0.1, -0.05) is 12.1 Å². The Morgan fingerprint density at radius 2 is 1.71 bits per heavy atom. The van der Waals surface area contributed by atoms with Gasteiger partial charge in [0, 0.05) is 25.3 Å². The Hall–Kier alpha value is -1.06. The summed E-state index contributed by atoms with van der Waals surface area (Å²) < 4.78 is 0. The molecule has 3 nitrogen and oxygen atoms in total. The lowest BCUT2D eigenvalue weighted by atomic mass is 9.76. The van der Waals surface area contributed by atoms with Crippen LogP contribution in [0.1, 0.15) is 31.2 Å². The Balaban J connectivity index is 2.16. The van der Waals surface area contributed by atoms with Gasteiger partial charge in [0.2, 0.25) is 0 Å². The van der Waals surface area contributed by atoms with Crippen LogP contribution in [0, 0.1) is 0 Å². The van der Waals surface area contributed by atoms with Crippen LogP contribution in [0.5, 0.6) is 0 Å². The topological polar surface area (TPSA) is 49.5 Å². The summed E-state index contributed by atoms with van der Waals surface area (Å²) in [5.41, 5.74) is 8.58. The van der Waals surface area contributed by atoms with Crippen molar-refractivity contribution in [3.8, 4) is 0 Å². The molecule has 0 atom stereocenters. The van der Waals surface area contributed by atoms with E-state index in [0.29, 0.717) is 0 Å². The van der Waals surface area contributed by atoms with Crippen LogP contribution in [0.25, 0.3) is 0 Å². The van der Waals surface area contributed by atoms with E-state index in [9.17, 15) is 5.11 Å². The maximum atomic E-state index is 9.54. The van der Waals surface area contributed by atoms with Crippen molar-refractivity contribution in [3.05, 3.63) is 29.8 Å². The highest BCUT2D eigenvalue weighted by Crippen LogP contribution is 2.35. The van der Waals surface area contributed by atoms with Gasteiger partial charge in [-0.05, 0) is 43.4 Å². The third kappa shape index (κ3) is 2.61. The summed E-state index contributed by atoms with van der Waals surface area (Å²) in [6.45, 7) is 0.